The summed E-state index contributed by atoms with van der Waals surface area (Å²) in [6, 6.07) is 8.76. The summed E-state index contributed by atoms with van der Waals surface area (Å²) in [7, 11) is 0. The van der Waals surface area contributed by atoms with E-state index >= 15 is 0 Å². The van der Waals surface area contributed by atoms with E-state index in [0.29, 0.717) is 12.2 Å². The van der Waals surface area contributed by atoms with E-state index in [9.17, 15) is 10.2 Å². The van der Waals surface area contributed by atoms with Crippen LogP contribution in [0.2, 0.25) is 0 Å². The number of hydrogen-bond acceptors (Lipinski definition) is 4. The van der Waals surface area contributed by atoms with Crippen LogP contribution in [0.25, 0.3) is 0 Å². The Morgan fingerprint density at radius 3 is 2.56 bits per heavy atom. The summed E-state index contributed by atoms with van der Waals surface area (Å²) in [5.74, 6) is 0.422. The lowest BCUT2D eigenvalue weighted by atomic mass is 10.2. The molecule has 0 radical (unpaired) electrons. The van der Waals surface area contributed by atoms with Crippen molar-refractivity contribution in [2.45, 2.75) is 20.4 Å². The van der Waals surface area contributed by atoms with E-state index in [1.807, 2.05) is 26.0 Å². The lowest BCUT2D eigenvalue weighted by molar-refractivity contribution is 0.464. The Labute approximate surface area is 106 Å². The first-order valence-electron chi connectivity index (χ1n) is 5.75. The average Bonchev–Trinajstić information content (AvgIpc) is 2.34. The standard InChI is InChI=1S/C14H16N2O2/c1-9-3-5-11(7-14(9)18)15-8-12-13(17)6-4-10(2)16-12/h3-7,15,17-18H,8H2,1-2H3. The second kappa shape index (κ2) is 4.96. The first-order valence-corrected chi connectivity index (χ1v) is 5.75. The molecule has 0 spiro atoms. The van der Waals surface area contributed by atoms with Crippen LogP contribution in [-0.4, -0.2) is 15.2 Å². The summed E-state index contributed by atoms with van der Waals surface area (Å²) in [5, 5.41) is 22.4. The highest BCUT2D eigenvalue weighted by atomic mass is 16.3. The van der Waals surface area contributed by atoms with Crippen LogP contribution in [0.15, 0.2) is 30.3 Å². The molecule has 2 rings (SSSR count). The summed E-state index contributed by atoms with van der Waals surface area (Å²) < 4.78 is 0. The van der Waals surface area contributed by atoms with Gasteiger partial charge in [0.1, 0.15) is 17.2 Å². The van der Waals surface area contributed by atoms with Crippen molar-refractivity contribution in [1.82, 2.24) is 4.98 Å². The minimum absolute atomic E-state index is 0.171. The zero-order valence-corrected chi connectivity index (χ0v) is 10.4. The van der Waals surface area contributed by atoms with Crippen LogP contribution in [0.1, 0.15) is 17.0 Å². The van der Waals surface area contributed by atoms with Crippen molar-refractivity contribution in [3.8, 4) is 11.5 Å². The van der Waals surface area contributed by atoms with Crippen LogP contribution >= 0.6 is 0 Å². The molecule has 0 fully saturated rings. The highest BCUT2D eigenvalue weighted by Crippen LogP contribution is 2.22. The van der Waals surface area contributed by atoms with Gasteiger partial charge in [0.05, 0.1) is 6.54 Å². The molecule has 0 aliphatic carbocycles. The fourth-order valence-electron chi connectivity index (χ4n) is 1.64. The highest BCUT2D eigenvalue weighted by molar-refractivity contribution is 5.51. The van der Waals surface area contributed by atoms with Crippen LogP contribution in [0.4, 0.5) is 5.69 Å². The summed E-state index contributed by atoms with van der Waals surface area (Å²) in [6.45, 7) is 4.13. The van der Waals surface area contributed by atoms with Crippen LogP contribution < -0.4 is 5.32 Å². The smallest absolute Gasteiger partial charge is 0.138 e. The molecular formula is C14H16N2O2. The molecule has 0 aliphatic rings. The third-order valence-electron chi connectivity index (χ3n) is 2.76. The van der Waals surface area contributed by atoms with E-state index < -0.39 is 0 Å². The number of nitrogens with zero attached hydrogens (tertiary/aromatic N) is 1. The molecule has 0 bridgehead atoms. The normalized spacial score (nSPS) is 10.3. The minimum Gasteiger partial charge on any atom is -0.508 e. The monoisotopic (exact) mass is 244 g/mol. The lowest BCUT2D eigenvalue weighted by Crippen LogP contribution is -2.02. The fraction of sp³-hybridized carbons (Fsp3) is 0.214. The molecule has 1 heterocycles. The van der Waals surface area contributed by atoms with Crippen LogP contribution in [0.3, 0.4) is 0 Å². The van der Waals surface area contributed by atoms with Gasteiger partial charge in [0, 0.05) is 17.4 Å². The number of pyridine rings is 1. The third-order valence-corrected chi connectivity index (χ3v) is 2.76. The molecule has 3 N–H and O–H groups in total. The molecule has 0 saturated carbocycles. The van der Waals surface area contributed by atoms with Gasteiger partial charge in [-0.2, -0.15) is 0 Å². The Morgan fingerprint density at radius 1 is 1.06 bits per heavy atom. The first kappa shape index (κ1) is 12.2. The number of aryl methyl sites for hydroxylation is 2. The molecule has 4 nitrogen and oxygen atoms in total. The van der Waals surface area contributed by atoms with Crippen LogP contribution in [0.5, 0.6) is 11.5 Å². The molecular weight excluding hydrogens is 228 g/mol. The third kappa shape index (κ3) is 2.71. The molecule has 2 aromatic rings. The second-order valence-electron chi connectivity index (χ2n) is 4.27. The Bertz CT molecular complexity index is 568. The van der Waals surface area contributed by atoms with Crippen molar-refractivity contribution < 1.29 is 10.2 Å². The topological polar surface area (TPSA) is 65.4 Å². The predicted octanol–water partition coefficient (Wildman–Crippen LogP) is 2.72. The summed E-state index contributed by atoms with van der Waals surface area (Å²) in [4.78, 5) is 4.25. The molecule has 94 valence electrons. The number of anilines is 1. The summed E-state index contributed by atoms with van der Waals surface area (Å²) in [5.41, 5.74) is 3.07. The van der Waals surface area contributed by atoms with E-state index in [-0.39, 0.29) is 11.5 Å². The number of benzene rings is 1. The van der Waals surface area contributed by atoms with E-state index in [4.69, 9.17) is 0 Å². The van der Waals surface area contributed by atoms with Gasteiger partial charge in [-0.1, -0.05) is 6.07 Å². The van der Waals surface area contributed by atoms with Crippen molar-refractivity contribution in [2.24, 2.45) is 0 Å². The van der Waals surface area contributed by atoms with Crippen molar-refractivity contribution in [3.63, 3.8) is 0 Å². The van der Waals surface area contributed by atoms with E-state index in [2.05, 4.69) is 10.3 Å². The lowest BCUT2D eigenvalue weighted by Gasteiger charge is -2.09. The molecule has 0 aliphatic heterocycles. The van der Waals surface area contributed by atoms with E-state index in [0.717, 1.165) is 16.9 Å². The number of phenolic OH excluding ortho intramolecular Hbond substituents is 1. The number of hydrogen-bond donors (Lipinski definition) is 3. The zero-order chi connectivity index (χ0) is 13.1. The average molecular weight is 244 g/mol. The van der Waals surface area contributed by atoms with E-state index in [1.165, 1.54) is 0 Å². The number of aromatic hydroxyl groups is 2. The molecule has 4 heteroatoms. The minimum atomic E-state index is 0.171. The molecule has 0 unspecified atom stereocenters. The summed E-state index contributed by atoms with van der Waals surface area (Å²) >= 11 is 0. The van der Waals surface area contributed by atoms with E-state index in [1.54, 1.807) is 18.2 Å². The van der Waals surface area contributed by atoms with Crippen molar-refractivity contribution >= 4 is 5.69 Å². The zero-order valence-electron chi connectivity index (χ0n) is 10.4. The van der Waals surface area contributed by atoms with Crippen molar-refractivity contribution in [3.05, 3.63) is 47.3 Å². The van der Waals surface area contributed by atoms with Gasteiger partial charge in [0.15, 0.2) is 0 Å². The molecule has 0 atom stereocenters. The van der Waals surface area contributed by atoms with Gasteiger partial charge in [-0.05, 0) is 37.6 Å². The van der Waals surface area contributed by atoms with Gasteiger partial charge in [0.2, 0.25) is 0 Å². The molecule has 1 aromatic heterocycles. The summed E-state index contributed by atoms with van der Waals surface area (Å²) in [6.07, 6.45) is 0. The maximum Gasteiger partial charge on any atom is 0.138 e. The van der Waals surface area contributed by atoms with Gasteiger partial charge >= 0.3 is 0 Å². The SMILES string of the molecule is Cc1ccc(O)c(CNc2ccc(C)c(O)c2)n1. The quantitative estimate of drug-likeness (QED) is 0.776. The number of nitrogens with one attached hydrogen (secondary N) is 1. The van der Waals surface area contributed by atoms with Gasteiger partial charge in [-0.25, -0.2) is 0 Å². The highest BCUT2D eigenvalue weighted by Gasteiger charge is 2.04. The second-order valence-corrected chi connectivity index (χ2v) is 4.27. The Balaban J connectivity index is 2.11. The molecule has 1 aromatic carbocycles. The number of rotatable bonds is 3. The maximum atomic E-state index is 9.66. The van der Waals surface area contributed by atoms with Gasteiger partial charge in [-0.15, -0.1) is 0 Å². The Morgan fingerprint density at radius 2 is 1.83 bits per heavy atom. The molecule has 0 amide bonds. The fourth-order valence-corrected chi connectivity index (χ4v) is 1.64. The first-order chi connectivity index (χ1) is 8.56. The Hall–Kier alpha value is -2.23. The number of aromatic nitrogens is 1. The van der Waals surface area contributed by atoms with Gasteiger partial charge in [0.25, 0.3) is 0 Å². The van der Waals surface area contributed by atoms with Crippen molar-refractivity contribution in [1.29, 1.82) is 0 Å². The molecule has 0 saturated heterocycles. The van der Waals surface area contributed by atoms with Gasteiger partial charge in [-0.3, -0.25) is 4.98 Å². The number of phenols is 1. The van der Waals surface area contributed by atoms with Crippen molar-refractivity contribution in [2.75, 3.05) is 5.32 Å². The predicted molar refractivity (Wildman–Crippen MR) is 70.8 cm³/mol. The Kier molecular flexibility index (Phi) is 3.37. The van der Waals surface area contributed by atoms with Crippen LogP contribution in [0, 0.1) is 13.8 Å². The largest absolute Gasteiger partial charge is 0.508 e. The maximum absolute atomic E-state index is 9.66. The molecule has 18 heavy (non-hydrogen) atoms. The van der Waals surface area contributed by atoms with Crippen LogP contribution in [-0.2, 0) is 6.54 Å². The van der Waals surface area contributed by atoms with Gasteiger partial charge < -0.3 is 15.5 Å².